The van der Waals surface area contributed by atoms with E-state index in [-0.39, 0.29) is 16.6 Å². The first kappa shape index (κ1) is 23.7. The fourth-order valence-corrected chi connectivity index (χ4v) is 5.32. The molecule has 3 aromatic carbocycles. The van der Waals surface area contributed by atoms with Crippen LogP contribution in [0.3, 0.4) is 0 Å². The molecule has 0 fully saturated rings. The van der Waals surface area contributed by atoms with Crippen molar-refractivity contribution < 1.29 is 31.2 Å². The first-order chi connectivity index (χ1) is 15.9. The van der Waals surface area contributed by atoms with Gasteiger partial charge in [0.25, 0.3) is 20.9 Å². The van der Waals surface area contributed by atoms with E-state index in [2.05, 4.69) is 9.71 Å². The SMILES string of the molecule is O=[N+]([O-])c1ccc2nc(Oc3ccc(NS(=O)(=O)c4ccc(C(F)(F)F)cc4Cl)cc3)sc2c1. The number of ether oxygens (including phenoxy) is 1. The number of hydrogen-bond acceptors (Lipinski definition) is 7. The van der Waals surface area contributed by atoms with Crippen molar-refractivity contribution in [2.24, 2.45) is 0 Å². The second kappa shape index (κ2) is 8.74. The van der Waals surface area contributed by atoms with Gasteiger partial charge in [0.2, 0.25) is 0 Å². The highest BCUT2D eigenvalue weighted by Gasteiger charge is 2.32. The zero-order chi connectivity index (χ0) is 24.7. The van der Waals surface area contributed by atoms with Gasteiger partial charge in [0, 0.05) is 17.8 Å². The van der Waals surface area contributed by atoms with E-state index in [9.17, 15) is 31.7 Å². The number of sulfonamides is 1. The molecular weight excluding hydrogens is 519 g/mol. The van der Waals surface area contributed by atoms with Crippen LogP contribution in [0.15, 0.2) is 65.6 Å². The standard InChI is InChI=1S/C20H11ClF3N3O5S2/c21-15-9-11(20(22,23)24)1-8-18(15)34(30,31)26-12-2-5-14(6-3-12)32-19-25-16-7-4-13(27(28)29)10-17(16)33-19/h1-10,26H. The number of nitrogens with one attached hydrogen (secondary N) is 1. The molecule has 34 heavy (non-hydrogen) atoms. The quantitative estimate of drug-likeness (QED) is 0.226. The van der Waals surface area contributed by atoms with Gasteiger partial charge >= 0.3 is 6.18 Å². The van der Waals surface area contributed by atoms with Crippen molar-refractivity contribution in [2.45, 2.75) is 11.1 Å². The number of aromatic nitrogens is 1. The molecule has 0 aliphatic carbocycles. The van der Waals surface area contributed by atoms with E-state index < -0.39 is 36.6 Å². The van der Waals surface area contributed by atoms with Crippen LogP contribution >= 0.6 is 22.9 Å². The number of fused-ring (bicyclic) bond motifs is 1. The lowest BCUT2D eigenvalue weighted by Crippen LogP contribution is -2.14. The van der Waals surface area contributed by atoms with Crippen molar-refractivity contribution in [3.05, 3.63) is 81.4 Å². The normalized spacial score (nSPS) is 12.0. The van der Waals surface area contributed by atoms with E-state index in [1.54, 1.807) is 0 Å². The maximum Gasteiger partial charge on any atom is 0.416 e. The molecule has 8 nitrogen and oxygen atoms in total. The molecule has 4 rings (SSSR count). The van der Waals surface area contributed by atoms with Gasteiger partial charge in [-0.1, -0.05) is 22.9 Å². The van der Waals surface area contributed by atoms with Crippen molar-refractivity contribution in [3.63, 3.8) is 0 Å². The molecule has 4 aromatic rings. The average Bonchev–Trinajstić information content (AvgIpc) is 3.15. The molecule has 1 N–H and O–H groups in total. The topological polar surface area (TPSA) is 111 Å². The fourth-order valence-electron chi connectivity index (χ4n) is 2.85. The highest BCUT2D eigenvalue weighted by molar-refractivity contribution is 7.92. The molecule has 0 saturated heterocycles. The Balaban J connectivity index is 1.49. The van der Waals surface area contributed by atoms with Crippen molar-refractivity contribution in [3.8, 4) is 10.9 Å². The van der Waals surface area contributed by atoms with E-state index in [1.807, 2.05) is 0 Å². The van der Waals surface area contributed by atoms with Gasteiger partial charge < -0.3 is 4.74 Å². The number of alkyl halides is 3. The van der Waals surface area contributed by atoms with Gasteiger partial charge in [-0.2, -0.15) is 13.2 Å². The van der Waals surface area contributed by atoms with Crippen LogP contribution in [0.2, 0.25) is 5.02 Å². The third-order valence-electron chi connectivity index (χ3n) is 4.42. The monoisotopic (exact) mass is 529 g/mol. The Morgan fingerprint density at radius 2 is 1.76 bits per heavy atom. The summed E-state index contributed by atoms with van der Waals surface area (Å²) in [6, 6.07) is 11.8. The third-order valence-corrected chi connectivity index (χ3v) is 7.18. The van der Waals surface area contributed by atoms with Crippen LogP contribution in [-0.2, 0) is 16.2 Å². The molecule has 1 heterocycles. The molecule has 0 spiro atoms. The lowest BCUT2D eigenvalue weighted by Gasteiger charge is -2.12. The van der Waals surface area contributed by atoms with Crippen molar-refractivity contribution >= 4 is 54.6 Å². The molecule has 0 radical (unpaired) electrons. The minimum Gasteiger partial charge on any atom is -0.431 e. The third kappa shape index (κ3) is 5.05. The minimum absolute atomic E-state index is 0.0764. The Morgan fingerprint density at radius 3 is 2.38 bits per heavy atom. The lowest BCUT2D eigenvalue weighted by atomic mass is 10.2. The van der Waals surface area contributed by atoms with Gasteiger partial charge in [-0.05, 0) is 48.5 Å². The summed E-state index contributed by atoms with van der Waals surface area (Å²) in [5.41, 5.74) is -0.512. The van der Waals surface area contributed by atoms with Crippen LogP contribution in [0.4, 0.5) is 24.5 Å². The Hall–Kier alpha value is -3.42. The molecular formula is C20H11ClF3N3O5S2. The molecule has 0 bridgehead atoms. The molecule has 0 saturated carbocycles. The van der Waals surface area contributed by atoms with E-state index in [0.29, 0.717) is 28.1 Å². The first-order valence-electron chi connectivity index (χ1n) is 9.15. The average molecular weight is 530 g/mol. The molecule has 0 amide bonds. The maximum atomic E-state index is 12.8. The van der Waals surface area contributed by atoms with E-state index >= 15 is 0 Å². The molecule has 1 aromatic heterocycles. The number of anilines is 1. The van der Waals surface area contributed by atoms with E-state index in [0.717, 1.165) is 17.4 Å². The Labute approximate surface area is 198 Å². The summed E-state index contributed by atoms with van der Waals surface area (Å²) in [7, 11) is -4.26. The van der Waals surface area contributed by atoms with Crippen LogP contribution < -0.4 is 9.46 Å². The van der Waals surface area contributed by atoms with Crippen LogP contribution in [0.25, 0.3) is 10.2 Å². The van der Waals surface area contributed by atoms with E-state index in [1.165, 1.54) is 42.5 Å². The van der Waals surface area contributed by atoms with Gasteiger partial charge in [-0.15, -0.1) is 0 Å². The van der Waals surface area contributed by atoms with Gasteiger partial charge in [-0.25, -0.2) is 13.4 Å². The molecule has 14 heteroatoms. The molecule has 0 aliphatic rings. The smallest absolute Gasteiger partial charge is 0.416 e. The molecule has 0 aliphatic heterocycles. The van der Waals surface area contributed by atoms with Crippen LogP contribution in [0.1, 0.15) is 5.56 Å². The van der Waals surface area contributed by atoms with Crippen molar-refractivity contribution in [2.75, 3.05) is 4.72 Å². The summed E-state index contributed by atoms with van der Waals surface area (Å²) in [6.07, 6.45) is -4.66. The minimum atomic E-state index is -4.66. The van der Waals surface area contributed by atoms with E-state index in [4.69, 9.17) is 16.3 Å². The zero-order valence-corrected chi connectivity index (χ0v) is 18.9. The maximum absolute atomic E-state index is 12.8. The fraction of sp³-hybridized carbons (Fsp3) is 0.0500. The number of benzene rings is 3. The predicted octanol–water partition coefficient (Wildman–Crippen LogP) is 6.47. The van der Waals surface area contributed by atoms with Gasteiger partial charge in [0.05, 0.1) is 25.7 Å². The van der Waals surface area contributed by atoms with Crippen LogP contribution in [-0.4, -0.2) is 18.3 Å². The zero-order valence-electron chi connectivity index (χ0n) is 16.5. The summed E-state index contributed by atoms with van der Waals surface area (Å²) >= 11 is 6.88. The van der Waals surface area contributed by atoms with Crippen LogP contribution in [0, 0.1) is 10.1 Å². The second-order valence-electron chi connectivity index (χ2n) is 6.76. The summed E-state index contributed by atoms with van der Waals surface area (Å²) < 4.78 is 71.9. The molecule has 0 unspecified atom stereocenters. The predicted molar refractivity (Wildman–Crippen MR) is 120 cm³/mol. The second-order valence-corrected chi connectivity index (χ2v) is 9.82. The summed E-state index contributed by atoms with van der Waals surface area (Å²) in [5, 5.41) is 10.5. The molecule has 0 atom stereocenters. The summed E-state index contributed by atoms with van der Waals surface area (Å²) in [6.45, 7) is 0. The summed E-state index contributed by atoms with van der Waals surface area (Å²) in [5.74, 6) is 0.309. The Kier molecular flexibility index (Phi) is 6.10. The number of halogens is 4. The number of thiazole rings is 1. The Morgan fingerprint density at radius 1 is 1.06 bits per heavy atom. The first-order valence-corrected chi connectivity index (χ1v) is 11.8. The number of hydrogen-bond donors (Lipinski definition) is 1. The number of nitro benzene ring substituents is 1. The van der Waals surface area contributed by atoms with Crippen LogP contribution in [0.5, 0.6) is 10.9 Å². The number of rotatable bonds is 6. The van der Waals surface area contributed by atoms with Crippen molar-refractivity contribution in [1.82, 2.24) is 4.98 Å². The van der Waals surface area contributed by atoms with Crippen molar-refractivity contribution in [1.29, 1.82) is 0 Å². The Bertz CT molecular complexity index is 1510. The molecule has 176 valence electrons. The number of nitro groups is 1. The highest BCUT2D eigenvalue weighted by Crippen LogP contribution is 2.35. The number of non-ortho nitro benzene ring substituents is 1. The highest BCUT2D eigenvalue weighted by atomic mass is 35.5. The van der Waals surface area contributed by atoms with Gasteiger partial charge in [-0.3, -0.25) is 14.8 Å². The van der Waals surface area contributed by atoms with Gasteiger partial charge in [0.15, 0.2) is 0 Å². The summed E-state index contributed by atoms with van der Waals surface area (Å²) in [4.78, 5) is 14.1. The largest absolute Gasteiger partial charge is 0.431 e. The van der Waals surface area contributed by atoms with Gasteiger partial charge in [0.1, 0.15) is 10.6 Å². The number of nitrogens with zero attached hydrogens (tertiary/aromatic N) is 2. The lowest BCUT2D eigenvalue weighted by molar-refractivity contribution is -0.384.